The van der Waals surface area contributed by atoms with Crippen molar-refractivity contribution in [2.75, 3.05) is 19.8 Å². The van der Waals surface area contributed by atoms with Gasteiger partial charge in [0.2, 0.25) is 5.91 Å². The highest BCUT2D eigenvalue weighted by Crippen LogP contribution is 2.43. The van der Waals surface area contributed by atoms with Gasteiger partial charge in [-0.3, -0.25) is 15.5 Å². The minimum absolute atomic E-state index is 0.0199. The summed E-state index contributed by atoms with van der Waals surface area (Å²) in [5, 5.41) is 9.23. The van der Waals surface area contributed by atoms with Gasteiger partial charge in [-0.15, -0.1) is 0 Å². The van der Waals surface area contributed by atoms with E-state index in [4.69, 9.17) is 4.74 Å². The quantitative estimate of drug-likeness (QED) is 0.698. The zero-order valence-corrected chi connectivity index (χ0v) is 14.8. The molecule has 4 heterocycles. The fourth-order valence-corrected chi connectivity index (χ4v) is 4.82. The Labute approximate surface area is 153 Å². The molecule has 1 aromatic rings. The van der Waals surface area contributed by atoms with Crippen LogP contribution in [0.15, 0.2) is 18.5 Å². The Morgan fingerprint density at radius 1 is 1.08 bits per heavy atom. The first kappa shape index (κ1) is 16.6. The molecule has 0 radical (unpaired) electrons. The van der Waals surface area contributed by atoms with Gasteiger partial charge < -0.3 is 10.1 Å². The van der Waals surface area contributed by atoms with E-state index in [-0.39, 0.29) is 24.2 Å². The summed E-state index contributed by atoms with van der Waals surface area (Å²) in [6.07, 6.45) is 7.82. The first-order valence-corrected chi connectivity index (χ1v) is 9.74. The number of hydrazine groups is 1. The van der Waals surface area contributed by atoms with Crippen LogP contribution in [0.3, 0.4) is 0 Å². The molecule has 5 unspecified atom stereocenters. The van der Waals surface area contributed by atoms with Crippen LogP contribution in [0.5, 0.6) is 0 Å². The Kier molecular flexibility index (Phi) is 4.36. The van der Waals surface area contributed by atoms with E-state index in [2.05, 4.69) is 31.0 Å². The molecule has 0 spiro atoms. The van der Waals surface area contributed by atoms with Gasteiger partial charge in [0.25, 0.3) is 0 Å². The molecule has 3 saturated heterocycles. The average molecular weight is 358 g/mol. The maximum absolute atomic E-state index is 12.7. The second-order valence-corrected chi connectivity index (χ2v) is 7.77. The fraction of sp³-hybridized carbons (Fsp3) is 0.722. The molecule has 5 rings (SSSR count). The number of nitrogens with zero attached hydrogens (tertiary/aromatic N) is 3. The van der Waals surface area contributed by atoms with Gasteiger partial charge in [-0.25, -0.2) is 15.0 Å². The van der Waals surface area contributed by atoms with Crippen LogP contribution in [0.4, 0.5) is 0 Å². The minimum Gasteiger partial charge on any atom is -0.381 e. The molecule has 26 heavy (non-hydrogen) atoms. The molecule has 1 aromatic heterocycles. The summed E-state index contributed by atoms with van der Waals surface area (Å²) in [6, 6.07) is 2.27. The molecule has 0 bridgehead atoms. The van der Waals surface area contributed by atoms with Gasteiger partial charge >= 0.3 is 0 Å². The molecule has 1 saturated carbocycles. The van der Waals surface area contributed by atoms with Crippen molar-refractivity contribution in [3.05, 3.63) is 24.3 Å². The summed E-state index contributed by atoms with van der Waals surface area (Å²) in [4.78, 5) is 21.6. The molecule has 8 nitrogen and oxygen atoms in total. The molecule has 140 valence electrons. The highest BCUT2D eigenvalue weighted by molar-refractivity contribution is 5.81. The van der Waals surface area contributed by atoms with Crippen LogP contribution < -0.4 is 16.1 Å². The molecule has 5 atom stereocenters. The average Bonchev–Trinajstić information content (AvgIpc) is 3.07. The monoisotopic (exact) mass is 358 g/mol. The van der Waals surface area contributed by atoms with Crippen molar-refractivity contribution in [2.45, 2.75) is 50.0 Å². The number of hydrogen-bond donors (Lipinski definition) is 3. The van der Waals surface area contributed by atoms with Crippen molar-refractivity contribution in [3.63, 3.8) is 0 Å². The molecule has 0 aromatic carbocycles. The minimum atomic E-state index is -0.0411. The predicted molar refractivity (Wildman–Crippen MR) is 93.5 cm³/mol. The Morgan fingerprint density at radius 2 is 1.88 bits per heavy atom. The number of nitrogens with one attached hydrogen (secondary N) is 3. The lowest BCUT2D eigenvalue weighted by Gasteiger charge is -2.47. The third kappa shape index (κ3) is 2.81. The lowest BCUT2D eigenvalue weighted by Crippen LogP contribution is -2.68. The van der Waals surface area contributed by atoms with Crippen molar-refractivity contribution < 1.29 is 9.53 Å². The van der Waals surface area contributed by atoms with Gasteiger partial charge in [-0.05, 0) is 31.7 Å². The molecule has 1 amide bonds. The van der Waals surface area contributed by atoms with Gasteiger partial charge in [-0.1, -0.05) is 0 Å². The second kappa shape index (κ2) is 6.84. The molecular weight excluding hydrogens is 332 g/mol. The third-order valence-corrected chi connectivity index (χ3v) is 6.42. The second-order valence-electron chi connectivity index (χ2n) is 7.77. The first-order chi connectivity index (χ1) is 12.8. The number of rotatable bonds is 3. The highest BCUT2D eigenvalue weighted by atomic mass is 16.5. The molecule has 8 heteroatoms. The topological polar surface area (TPSA) is 91.4 Å². The Morgan fingerprint density at radius 3 is 2.62 bits per heavy atom. The van der Waals surface area contributed by atoms with Gasteiger partial charge in [0.1, 0.15) is 5.82 Å². The lowest BCUT2D eigenvalue weighted by molar-refractivity contribution is -0.132. The largest absolute Gasteiger partial charge is 0.381 e. The fourth-order valence-electron chi connectivity index (χ4n) is 4.82. The van der Waals surface area contributed by atoms with Gasteiger partial charge in [0.15, 0.2) is 0 Å². The van der Waals surface area contributed by atoms with Crippen LogP contribution in [0, 0.1) is 11.8 Å². The van der Waals surface area contributed by atoms with Crippen LogP contribution in [-0.4, -0.2) is 59.0 Å². The molecular formula is C18H26N6O2. The standard InChI is InChI=1S/C18H26N6O2/c25-18-14-10-21-24(11-4-8-26-9-5-11)17(14)22-16(23-18)13-3-2-12(13)15-19-6-1-7-20-15/h1,6-7,11-14,16-17,21-22H,2-5,8-10H2,(H,23,25). The number of aromatic nitrogens is 2. The van der Waals surface area contributed by atoms with Crippen LogP contribution in [0.2, 0.25) is 0 Å². The summed E-state index contributed by atoms with van der Waals surface area (Å²) in [5.41, 5.74) is 3.47. The van der Waals surface area contributed by atoms with E-state index in [1.165, 1.54) is 0 Å². The number of fused-ring (bicyclic) bond motifs is 1. The van der Waals surface area contributed by atoms with E-state index in [0.29, 0.717) is 24.4 Å². The van der Waals surface area contributed by atoms with Gasteiger partial charge in [0.05, 0.1) is 18.2 Å². The number of amides is 1. The summed E-state index contributed by atoms with van der Waals surface area (Å²) < 4.78 is 5.50. The maximum atomic E-state index is 12.7. The molecule has 1 aliphatic carbocycles. The van der Waals surface area contributed by atoms with Crippen LogP contribution in [-0.2, 0) is 9.53 Å². The number of ether oxygens (including phenoxy) is 1. The Balaban J connectivity index is 1.31. The van der Waals surface area contributed by atoms with E-state index in [1.54, 1.807) is 12.4 Å². The van der Waals surface area contributed by atoms with Crippen LogP contribution in [0.1, 0.15) is 37.4 Å². The number of hydrogen-bond acceptors (Lipinski definition) is 7. The molecule has 4 fully saturated rings. The van der Waals surface area contributed by atoms with E-state index in [1.807, 2.05) is 6.07 Å². The maximum Gasteiger partial charge on any atom is 0.228 e. The third-order valence-electron chi connectivity index (χ3n) is 6.42. The summed E-state index contributed by atoms with van der Waals surface area (Å²) in [7, 11) is 0. The SMILES string of the molecule is O=C1NC(C2CCC2c2ncccn2)NC2C1CNN2C1CCOCC1. The molecule has 3 N–H and O–H groups in total. The molecule has 4 aliphatic rings. The van der Waals surface area contributed by atoms with E-state index < -0.39 is 0 Å². The van der Waals surface area contributed by atoms with E-state index >= 15 is 0 Å². The first-order valence-electron chi connectivity index (χ1n) is 9.74. The van der Waals surface area contributed by atoms with Gasteiger partial charge in [0, 0.05) is 50.0 Å². The predicted octanol–water partition coefficient (Wildman–Crippen LogP) is -0.0428. The lowest BCUT2D eigenvalue weighted by atomic mass is 9.70. The smallest absolute Gasteiger partial charge is 0.228 e. The normalized spacial score (nSPS) is 38.5. The Hall–Kier alpha value is -1.61. The number of carbonyl (C=O) groups excluding carboxylic acids is 1. The van der Waals surface area contributed by atoms with Crippen molar-refractivity contribution >= 4 is 5.91 Å². The number of carbonyl (C=O) groups is 1. The summed E-state index contributed by atoms with van der Waals surface area (Å²) in [6.45, 7) is 2.29. The van der Waals surface area contributed by atoms with Crippen molar-refractivity contribution in [1.29, 1.82) is 0 Å². The Bertz CT molecular complexity index is 652. The molecule has 3 aliphatic heterocycles. The summed E-state index contributed by atoms with van der Waals surface area (Å²) in [5.74, 6) is 1.67. The van der Waals surface area contributed by atoms with E-state index in [9.17, 15) is 4.79 Å². The van der Waals surface area contributed by atoms with Crippen molar-refractivity contribution in [3.8, 4) is 0 Å². The van der Waals surface area contributed by atoms with Crippen LogP contribution in [0.25, 0.3) is 0 Å². The van der Waals surface area contributed by atoms with E-state index in [0.717, 1.165) is 44.7 Å². The van der Waals surface area contributed by atoms with Gasteiger partial charge in [-0.2, -0.15) is 0 Å². The summed E-state index contributed by atoms with van der Waals surface area (Å²) >= 11 is 0. The van der Waals surface area contributed by atoms with Crippen LogP contribution >= 0.6 is 0 Å². The highest BCUT2D eigenvalue weighted by Gasteiger charge is 2.50. The zero-order valence-electron chi connectivity index (χ0n) is 14.8. The zero-order chi connectivity index (χ0) is 17.5. The van der Waals surface area contributed by atoms with Crippen molar-refractivity contribution in [2.24, 2.45) is 11.8 Å². The van der Waals surface area contributed by atoms with Crippen molar-refractivity contribution in [1.82, 2.24) is 31.0 Å².